The van der Waals surface area contributed by atoms with E-state index in [1.165, 1.54) is 38.3 Å². The Morgan fingerprint density at radius 3 is 1.70 bits per heavy atom. The number of nitrogens with zero attached hydrogens (tertiary/aromatic N) is 2. The third-order valence-electron chi connectivity index (χ3n) is 9.97. The molecule has 6 heteroatoms. The smallest absolute Gasteiger partial charge is 0.268 e. The van der Waals surface area contributed by atoms with Gasteiger partial charge in [-0.3, -0.25) is 9.59 Å². The molecule has 0 bridgehead atoms. The fraction of sp³-hybridized carbons (Fsp3) is 0.175. The lowest BCUT2D eigenvalue weighted by molar-refractivity contribution is -0.121. The van der Waals surface area contributed by atoms with Gasteiger partial charge < -0.3 is 0 Å². The lowest BCUT2D eigenvalue weighted by Gasteiger charge is -2.46. The van der Waals surface area contributed by atoms with Crippen molar-refractivity contribution in [3.63, 3.8) is 0 Å². The summed E-state index contributed by atoms with van der Waals surface area (Å²) in [4.78, 5) is 46.2. The summed E-state index contributed by atoms with van der Waals surface area (Å²) in [6, 6.07) is 34.4. The number of hydrogen-bond donors (Lipinski definition) is 0. The SMILES string of the molecule is CC1(C)c2ccccc2C2c3sc(C=C4C(=O)N(c5ccccc5)C(=O)N(c5ccccc5)C4=O)cc3C(C)(C)c3cccc1c32. The molecule has 5 nitrogen and oxygen atoms in total. The first-order chi connectivity index (χ1) is 22.1. The molecule has 4 amide bonds. The van der Waals surface area contributed by atoms with Crippen LogP contribution in [-0.4, -0.2) is 17.8 Å². The normalized spacial score (nSPS) is 19.0. The average Bonchev–Trinajstić information content (AvgIpc) is 3.49. The minimum absolute atomic E-state index is 0.0490. The maximum Gasteiger partial charge on any atom is 0.343 e. The number of hydrogen-bond acceptors (Lipinski definition) is 4. The summed E-state index contributed by atoms with van der Waals surface area (Å²) < 4.78 is 0. The number of thiophene rings is 1. The molecule has 1 unspecified atom stereocenters. The Bertz CT molecular complexity index is 2060. The molecule has 5 aromatic rings. The van der Waals surface area contributed by atoms with Gasteiger partial charge in [0.05, 0.1) is 11.4 Å². The number of amides is 4. The molecule has 0 radical (unpaired) electrons. The first-order valence-corrected chi connectivity index (χ1v) is 16.3. The quantitative estimate of drug-likeness (QED) is 0.150. The van der Waals surface area contributed by atoms with Gasteiger partial charge in [0.15, 0.2) is 0 Å². The van der Waals surface area contributed by atoms with Crippen LogP contribution < -0.4 is 9.80 Å². The van der Waals surface area contributed by atoms with E-state index in [4.69, 9.17) is 0 Å². The topological polar surface area (TPSA) is 57.7 Å². The molecule has 1 fully saturated rings. The number of imide groups is 2. The van der Waals surface area contributed by atoms with Gasteiger partial charge in [0.25, 0.3) is 11.8 Å². The molecule has 0 N–H and O–H groups in total. The fourth-order valence-corrected chi connectivity index (χ4v) is 9.08. The third kappa shape index (κ3) is 3.89. The molecule has 1 aliphatic heterocycles. The number of benzene rings is 4. The standard InChI is InChI=1S/C40H32N2O3S/c1-39(2)29-19-12-11-18-27(29)33-34-30(39)20-13-21-31(34)40(3,4)32-23-26(46-35(32)33)22-28-36(43)41(24-14-7-5-8-15-24)38(45)42(37(28)44)25-16-9-6-10-17-25/h5-23,33H,1-4H3. The Hall–Kier alpha value is -5.07. The van der Waals surface area contributed by atoms with Crippen LogP contribution in [0.2, 0.25) is 0 Å². The van der Waals surface area contributed by atoms with E-state index in [1.54, 1.807) is 65.9 Å². The monoisotopic (exact) mass is 620 g/mol. The summed E-state index contributed by atoms with van der Waals surface area (Å²) in [5, 5.41) is 0. The largest absolute Gasteiger partial charge is 0.343 e. The first-order valence-electron chi connectivity index (χ1n) is 15.5. The summed E-state index contributed by atoms with van der Waals surface area (Å²) in [6.07, 6.45) is 1.69. The summed E-state index contributed by atoms with van der Waals surface area (Å²) >= 11 is 1.63. The zero-order valence-corrected chi connectivity index (χ0v) is 26.9. The number of fused-ring (bicyclic) bond motifs is 4. The Balaban J connectivity index is 1.32. The van der Waals surface area contributed by atoms with Crippen molar-refractivity contribution in [1.82, 2.24) is 0 Å². The Kier molecular flexibility index (Phi) is 6.15. The predicted molar refractivity (Wildman–Crippen MR) is 184 cm³/mol. The Morgan fingerprint density at radius 2 is 1.11 bits per heavy atom. The number of barbiturate groups is 1. The van der Waals surface area contributed by atoms with Gasteiger partial charge in [-0.15, -0.1) is 11.3 Å². The molecule has 1 atom stereocenters. The van der Waals surface area contributed by atoms with Crippen molar-refractivity contribution >= 4 is 46.6 Å². The van der Waals surface area contributed by atoms with E-state index in [0.717, 1.165) is 14.7 Å². The minimum Gasteiger partial charge on any atom is -0.268 e. The van der Waals surface area contributed by atoms with E-state index in [1.807, 2.05) is 12.1 Å². The van der Waals surface area contributed by atoms with Gasteiger partial charge in [0.1, 0.15) is 5.57 Å². The predicted octanol–water partition coefficient (Wildman–Crippen LogP) is 8.79. The third-order valence-corrected chi connectivity index (χ3v) is 11.1. The second-order valence-electron chi connectivity index (χ2n) is 13.3. The molecule has 8 rings (SSSR count). The van der Waals surface area contributed by atoms with E-state index in [0.29, 0.717) is 11.4 Å². The minimum atomic E-state index is -0.694. The van der Waals surface area contributed by atoms with Gasteiger partial charge in [0, 0.05) is 26.5 Å². The molecular weight excluding hydrogens is 589 g/mol. The maximum atomic E-state index is 14.1. The van der Waals surface area contributed by atoms with Gasteiger partial charge in [-0.1, -0.05) is 107 Å². The van der Waals surface area contributed by atoms with Crippen LogP contribution >= 0.6 is 11.3 Å². The molecule has 46 heavy (non-hydrogen) atoms. The van der Waals surface area contributed by atoms with Gasteiger partial charge in [-0.2, -0.15) is 0 Å². The van der Waals surface area contributed by atoms with Crippen LogP contribution in [0.1, 0.15) is 76.7 Å². The second kappa shape index (κ2) is 9.96. The fourth-order valence-electron chi connectivity index (χ4n) is 7.68. The van der Waals surface area contributed by atoms with Crippen LogP contribution in [0, 0.1) is 0 Å². The van der Waals surface area contributed by atoms with E-state index < -0.39 is 17.8 Å². The van der Waals surface area contributed by atoms with E-state index in [2.05, 4.69) is 76.2 Å². The van der Waals surface area contributed by atoms with Crippen molar-refractivity contribution in [2.24, 2.45) is 0 Å². The Labute approximate surface area is 272 Å². The molecule has 3 aliphatic rings. The Morgan fingerprint density at radius 1 is 0.609 bits per heavy atom. The highest BCUT2D eigenvalue weighted by Gasteiger charge is 2.48. The molecule has 2 aliphatic carbocycles. The lowest BCUT2D eigenvalue weighted by Crippen LogP contribution is -2.57. The van der Waals surface area contributed by atoms with Gasteiger partial charge in [-0.05, 0) is 69.8 Å². The molecule has 1 saturated heterocycles. The number of para-hydroxylation sites is 2. The van der Waals surface area contributed by atoms with E-state index in [-0.39, 0.29) is 22.3 Å². The highest BCUT2D eigenvalue weighted by atomic mass is 32.1. The number of urea groups is 1. The first kappa shape index (κ1) is 28.4. The molecule has 0 saturated carbocycles. The summed E-state index contributed by atoms with van der Waals surface area (Å²) in [6.45, 7) is 9.14. The van der Waals surface area contributed by atoms with Crippen LogP contribution in [-0.2, 0) is 20.4 Å². The van der Waals surface area contributed by atoms with Crippen LogP contribution in [0.3, 0.4) is 0 Å². The number of rotatable bonds is 3. The van der Waals surface area contributed by atoms with Crippen molar-refractivity contribution in [3.8, 4) is 0 Å². The molecule has 226 valence electrons. The number of carbonyl (C=O) groups excluding carboxylic acids is 3. The second-order valence-corrected chi connectivity index (χ2v) is 14.4. The molecular formula is C40H32N2O3S. The van der Waals surface area contributed by atoms with Crippen LogP contribution in [0.5, 0.6) is 0 Å². The molecule has 2 heterocycles. The highest BCUT2D eigenvalue weighted by molar-refractivity contribution is 7.13. The number of anilines is 2. The zero-order valence-electron chi connectivity index (χ0n) is 26.1. The average molecular weight is 621 g/mol. The lowest BCUT2D eigenvalue weighted by atomic mass is 9.58. The van der Waals surface area contributed by atoms with Crippen LogP contribution in [0.15, 0.2) is 115 Å². The van der Waals surface area contributed by atoms with Crippen molar-refractivity contribution in [1.29, 1.82) is 0 Å². The maximum absolute atomic E-state index is 14.1. The van der Waals surface area contributed by atoms with E-state index >= 15 is 0 Å². The van der Waals surface area contributed by atoms with E-state index in [9.17, 15) is 14.4 Å². The molecule has 0 spiro atoms. The van der Waals surface area contributed by atoms with Crippen molar-refractivity contribution < 1.29 is 14.4 Å². The molecule has 4 aromatic carbocycles. The highest BCUT2D eigenvalue weighted by Crippen LogP contribution is 2.58. The zero-order chi connectivity index (χ0) is 32.0. The van der Waals surface area contributed by atoms with Crippen LogP contribution in [0.4, 0.5) is 16.2 Å². The summed E-state index contributed by atoms with van der Waals surface area (Å²) in [7, 11) is 0. The van der Waals surface area contributed by atoms with Crippen LogP contribution in [0.25, 0.3) is 6.08 Å². The van der Waals surface area contributed by atoms with Crippen molar-refractivity contribution in [2.75, 3.05) is 9.80 Å². The number of carbonyl (C=O) groups is 3. The summed E-state index contributed by atoms with van der Waals surface area (Å²) in [5.41, 5.74) is 8.15. The van der Waals surface area contributed by atoms with Gasteiger partial charge in [-0.25, -0.2) is 14.6 Å². The van der Waals surface area contributed by atoms with Crippen molar-refractivity contribution in [3.05, 3.63) is 158 Å². The summed E-state index contributed by atoms with van der Waals surface area (Å²) in [5.74, 6) is -1.21. The van der Waals surface area contributed by atoms with Crippen molar-refractivity contribution in [2.45, 2.75) is 44.4 Å². The van der Waals surface area contributed by atoms with Gasteiger partial charge in [0.2, 0.25) is 0 Å². The molecule has 1 aromatic heterocycles. The van der Waals surface area contributed by atoms with Gasteiger partial charge >= 0.3 is 6.03 Å².